The van der Waals surface area contributed by atoms with Crippen LogP contribution in [0.15, 0.2) is 47.4 Å². The Hall–Kier alpha value is -2.54. The molecule has 27 heavy (non-hydrogen) atoms. The molecule has 146 valence electrons. The molecule has 2 rings (SSSR count). The Morgan fingerprint density at radius 2 is 1.81 bits per heavy atom. The number of ether oxygens (including phenoxy) is 1. The summed E-state index contributed by atoms with van der Waals surface area (Å²) in [6, 6.07) is 10.4. The number of rotatable bonds is 9. The van der Waals surface area contributed by atoms with E-state index in [0.29, 0.717) is 18.0 Å². The molecule has 0 saturated carbocycles. The molecule has 0 aromatic heterocycles. The molecule has 0 atom stereocenters. The van der Waals surface area contributed by atoms with Crippen molar-refractivity contribution in [2.45, 2.75) is 44.4 Å². The van der Waals surface area contributed by atoms with E-state index in [2.05, 4.69) is 11.6 Å². The maximum atomic E-state index is 12.7. The number of hydrogen-bond acceptors (Lipinski definition) is 4. The molecule has 0 radical (unpaired) electrons. The first-order chi connectivity index (χ1) is 12.7. The van der Waals surface area contributed by atoms with E-state index in [1.54, 1.807) is 12.1 Å². The molecule has 0 bridgehead atoms. The molecule has 0 saturated heterocycles. The number of unbranched alkanes of at least 4 members (excludes halogenated alkanes) is 1. The van der Waals surface area contributed by atoms with Gasteiger partial charge in [-0.1, -0.05) is 27.2 Å². The third kappa shape index (κ3) is 5.47. The third-order valence-electron chi connectivity index (χ3n) is 4.05. The summed E-state index contributed by atoms with van der Waals surface area (Å²) >= 11 is 0. The zero-order valence-electron chi connectivity index (χ0n) is 15.7. The number of hydrogen-bond donors (Lipinski definition) is 2. The number of aromatic carboxylic acids is 1. The summed E-state index contributed by atoms with van der Waals surface area (Å²) in [5.41, 5.74) is 1.22. The van der Waals surface area contributed by atoms with Crippen LogP contribution in [0.5, 0.6) is 5.75 Å². The molecule has 7 heteroatoms. The molecule has 2 aromatic carbocycles. The zero-order valence-corrected chi connectivity index (χ0v) is 16.5. The van der Waals surface area contributed by atoms with Crippen molar-refractivity contribution < 1.29 is 23.1 Å². The van der Waals surface area contributed by atoms with Gasteiger partial charge >= 0.3 is 5.97 Å². The predicted molar refractivity (Wildman–Crippen MR) is 105 cm³/mol. The molecule has 0 fully saturated rings. The SMILES string of the molecule is CCCCOc1ccc(S(=O)(=O)Nc2ccc(C(=O)O)cc2)cc1C(C)C. The molecule has 0 spiro atoms. The van der Waals surface area contributed by atoms with Crippen LogP contribution < -0.4 is 9.46 Å². The van der Waals surface area contributed by atoms with Crippen molar-refractivity contribution in [3.63, 3.8) is 0 Å². The van der Waals surface area contributed by atoms with Gasteiger partial charge in [0.25, 0.3) is 10.0 Å². The summed E-state index contributed by atoms with van der Waals surface area (Å²) in [6.07, 6.45) is 1.96. The van der Waals surface area contributed by atoms with Gasteiger partial charge in [-0.2, -0.15) is 0 Å². The molecule has 2 aromatic rings. The fourth-order valence-corrected chi connectivity index (χ4v) is 3.59. The molecule has 0 unspecified atom stereocenters. The molecular formula is C20H25NO5S. The van der Waals surface area contributed by atoms with Gasteiger partial charge in [0.15, 0.2) is 0 Å². The minimum atomic E-state index is -3.80. The largest absolute Gasteiger partial charge is 0.493 e. The maximum absolute atomic E-state index is 12.7. The van der Waals surface area contributed by atoms with Gasteiger partial charge in [-0.3, -0.25) is 4.72 Å². The van der Waals surface area contributed by atoms with Crippen LogP contribution in [-0.4, -0.2) is 26.1 Å². The van der Waals surface area contributed by atoms with Crippen LogP contribution in [0.1, 0.15) is 55.5 Å². The number of nitrogens with one attached hydrogen (secondary N) is 1. The third-order valence-corrected chi connectivity index (χ3v) is 5.43. The highest BCUT2D eigenvalue weighted by Crippen LogP contribution is 2.30. The van der Waals surface area contributed by atoms with Crippen molar-refractivity contribution in [3.05, 3.63) is 53.6 Å². The lowest BCUT2D eigenvalue weighted by molar-refractivity contribution is 0.0697. The Morgan fingerprint density at radius 3 is 2.37 bits per heavy atom. The average molecular weight is 391 g/mol. The number of carboxylic acid groups (broad SMARTS) is 1. The quantitative estimate of drug-likeness (QED) is 0.615. The standard InChI is InChI=1S/C20H25NO5S/c1-4-5-12-26-19-11-10-17(13-18(19)14(2)3)27(24,25)21-16-8-6-15(7-9-16)20(22)23/h6-11,13-14,21H,4-5,12H2,1-3H3,(H,22,23). The van der Waals surface area contributed by atoms with Crippen molar-refractivity contribution >= 4 is 21.7 Å². The summed E-state index contributed by atoms with van der Waals surface area (Å²) < 4.78 is 33.7. The average Bonchev–Trinajstić information content (AvgIpc) is 2.62. The van der Waals surface area contributed by atoms with Gasteiger partial charge in [-0.25, -0.2) is 13.2 Å². The van der Waals surface area contributed by atoms with Gasteiger partial charge in [0.1, 0.15) is 5.75 Å². The summed E-state index contributed by atoms with van der Waals surface area (Å²) in [6.45, 7) is 6.64. The Kier molecular flexibility index (Phi) is 6.85. The van der Waals surface area contributed by atoms with E-state index < -0.39 is 16.0 Å². The Bertz CT molecular complexity index is 889. The lowest BCUT2D eigenvalue weighted by Crippen LogP contribution is -2.14. The summed E-state index contributed by atoms with van der Waals surface area (Å²) in [5, 5.41) is 8.92. The topological polar surface area (TPSA) is 92.7 Å². The van der Waals surface area contributed by atoms with Crippen LogP contribution in [-0.2, 0) is 10.0 Å². The highest BCUT2D eigenvalue weighted by molar-refractivity contribution is 7.92. The van der Waals surface area contributed by atoms with Crippen molar-refractivity contribution in [3.8, 4) is 5.75 Å². The minimum Gasteiger partial charge on any atom is -0.493 e. The Labute approximate surface area is 160 Å². The maximum Gasteiger partial charge on any atom is 0.335 e. The highest BCUT2D eigenvalue weighted by atomic mass is 32.2. The Balaban J connectivity index is 2.26. The van der Waals surface area contributed by atoms with Crippen molar-refractivity contribution in [1.29, 1.82) is 0 Å². The predicted octanol–water partition coefficient (Wildman–Crippen LogP) is 4.49. The number of benzene rings is 2. The van der Waals surface area contributed by atoms with Crippen molar-refractivity contribution in [2.75, 3.05) is 11.3 Å². The molecule has 0 aliphatic rings. The second kappa shape index (κ2) is 8.90. The normalized spacial score (nSPS) is 11.4. The first kappa shape index (κ1) is 20.8. The summed E-state index contributed by atoms with van der Waals surface area (Å²) in [4.78, 5) is 11.0. The molecule has 2 N–H and O–H groups in total. The second-order valence-corrected chi connectivity index (χ2v) is 8.23. The fourth-order valence-electron chi connectivity index (χ4n) is 2.50. The second-order valence-electron chi connectivity index (χ2n) is 6.54. The van der Waals surface area contributed by atoms with Crippen LogP contribution in [0.4, 0.5) is 5.69 Å². The summed E-state index contributed by atoms with van der Waals surface area (Å²) in [5.74, 6) is -0.264. The molecule has 6 nitrogen and oxygen atoms in total. The van der Waals surface area contributed by atoms with E-state index in [1.807, 2.05) is 13.8 Å². The van der Waals surface area contributed by atoms with Crippen LogP contribution in [0.25, 0.3) is 0 Å². The van der Waals surface area contributed by atoms with Gasteiger partial charge in [-0.15, -0.1) is 0 Å². The lowest BCUT2D eigenvalue weighted by Gasteiger charge is -2.16. The van der Waals surface area contributed by atoms with Gasteiger partial charge in [0, 0.05) is 5.69 Å². The molecular weight excluding hydrogens is 366 g/mol. The fraction of sp³-hybridized carbons (Fsp3) is 0.350. The van der Waals surface area contributed by atoms with E-state index in [0.717, 1.165) is 18.4 Å². The van der Waals surface area contributed by atoms with E-state index >= 15 is 0 Å². The van der Waals surface area contributed by atoms with Gasteiger partial charge in [0.05, 0.1) is 17.1 Å². The van der Waals surface area contributed by atoms with E-state index in [4.69, 9.17) is 9.84 Å². The lowest BCUT2D eigenvalue weighted by atomic mass is 10.0. The number of sulfonamides is 1. The smallest absolute Gasteiger partial charge is 0.335 e. The van der Waals surface area contributed by atoms with Crippen molar-refractivity contribution in [2.24, 2.45) is 0 Å². The van der Waals surface area contributed by atoms with E-state index in [-0.39, 0.29) is 16.4 Å². The number of carbonyl (C=O) groups is 1. The van der Waals surface area contributed by atoms with Crippen LogP contribution in [0.2, 0.25) is 0 Å². The molecule has 0 amide bonds. The summed E-state index contributed by atoms with van der Waals surface area (Å²) in [7, 11) is -3.80. The van der Waals surface area contributed by atoms with Gasteiger partial charge < -0.3 is 9.84 Å². The van der Waals surface area contributed by atoms with E-state index in [9.17, 15) is 13.2 Å². The highest BCUT2D eigenvalue weighted by Gasteiger charge is 2.18. The monoisotopic (exact) mass is 391 g/mol. The van der Waals surface area contributed by atoms with Crippen LogP contribution >= 0.6 is 0 Å². The van der Waals surface area contributed by atoms with Crippen LogP contribution in [0.3, 0.4) is 0 Å². The molecule has 0 aliphatic carbocycles. The van der Waals surface area contributed by atoms with Crippen molar-refractivity contribution in [1.82, 2.24) is 0 Å². The van der Waals surface area contributed by atoms with Gasteiger partial charge in [-0.05, 0) is 60.4 Å². The minimum absolute atomic E-state index is 0.0913. The van der Waals surface area contributed by atoms with Crippen LogP contribution in [0, 0.1) is 0 Å². The molecule has 0 heterocycles. The van der Waals surface area contributed by atoms with E-state index in [1.165, 1.54) is 30.3 Å². The first-order valence-corrected chi connectivity index (χ1v) is 10.4. The molecule has 0 aliphatic heterocycles. The first-order valence-electron chi connectivity index (χ1n) is 8.87. The number of anilines is 1. The Morgan fingerprint density at radius 1 is 1.15 bits per heavy atom. The number of carboxylic acids is 1. The zero-order chi connectivity index (χ0) is 20.0. The van der Waals surface area contributed by atoms with Gasteiger partial charge in [0.2, 0.25) is 0 Å².